The minimum atomic E-state index is 0.133. The van der Waals surface area contributed by atoms with Gasteiger partial charge in [0.1, 0.15) is 6.54 Å². The first-order valence-electron chi connectivity index (χ1n) is 2.16. The zero-order chi connectivity index (χ0) is 5.54. The molecule has 0 aromatic rings. The molecule has 2 nitrogen and oxygen atoms in total. The third-order valence-corrected chi connectivity index (χ3v) is 0.445. The number of hydrogen-bond donors (Lipinski definition) is 0. The van der Waals surface area contributed by atoms with Gasteiger partial charge in [-0.2, -0.15) is 0 Å². The van der Waals surface area contributed by atoms with Gasteiger partial charge in [-0.1, -0.05) is 18.0 Å². The van der Waals surface area contributed by atoms with Crippen LogP contribution in [0, 0.1) is 16.7 Å². The predicted molar refractivity (Wildman–Crippen MR) is 28.7 cm³/mol. The second-order valence-corrected chi connectivity index (χ2v) is 0.994. The Morgan fingerprint density at radius 1 is 1.57 bits per heavy atom. The van der Waals surface area contributed by atoms with Crippen molar-refractivity contribution >= 4 is 0 Å². The van der Waals surface area contributed by atoms with Crippen LogP contribution < -0.4 is 0 Å². The van der Waals surface area contributed by atoms with Crippen molar-refractivity contribution in [3.05, 3.63) is 4.91 Å². The fourth-order valence-corrected chi connectivity index (χ4v) is 0.213. The molecular formula is C5H7NO. The Labute approximate surface area is 42.9 Å². The Morgan fingerprint density at radius 3 is 2.71 bits per heavy atom. The third kappa shape index (κ3) is 5.16. The highest BCUT2D eigenvalue weighted by atomic mass is 16.3. The molecule has 0 bridgehead atoms. The van der Waals surface area contributed by atoms with Gasteiger partial charge in [0.15, 0.2) is 0 Å². The van der Waals surface area contributed by atoms with Crippen LogP contribution >= 0.6 is 0 Å². The van der Waals surface area contributed by atoms with Gasteiger partial charge in [0.05, 0.1) is 0 Å². The zero-order valence-corrected chi connectivity index (χ0v) is 4.27. The summed E-state index contributed by atoms with van der Waals surface area (Å²) in [7, 11) is 0. The van der Waals surface area contributed by atoms with Gasteiger partial charge in [0.25, 0.3) is 0 Å². The topological polar surface area (TPSA) is 29.4 Å². The van der Waals surface area contributed by atoms with Crippen LogP contribution in [0.15, 0.2) is 5.18 Å². The van der Waals surface area contributed by atoms with Crippen LogP contribution in [-0.2, 0) is 0 Å². The van der Waals surface area contributed by atoms with Gasteiger partial charge in [0.2, 0.25) is 0 Å². The first-order chi connectivity index (χ1) is 3.41. The Hall–Kier alpha value is -0.840. The molecule has 0 atom stereocenters. The molecule has 0 fully saturated rings. The minimum absolute atomic E-state index is 0.133. The zero-order valence-electron chi connectivity index (χ0n) is 4.27. The molecule has 0 N–H and O–H groups in total. The molecule has 2 heteroatoms. The van der Waals surface area contributed by atoms with Crippen molar-refractivity contribution < 1.29 is 0 Å². The summed E-state index contributed by atoms with van der Waals surface area (Å²) in [5, 5.41) is 2.55. The van der Waals surface area contributed by atoms with E-state index in [1.165, 1.54) is 0 Å². The molecule has 0 aliphatic carbocycles. The summed E-state index contributed by atoms with van der Waals surface area (Å²) in [5.41, 5.74) is 0. The fraction of sp³-hybridized carbons (Fsp3) is 0.600. The lowest BCUT2D eigenvalue weighted by Crippen LogP contribution is -1.65. The summed E-state index contributed by atoms with van der Waals surface area (Å²) >= 11 is 0. The molecule has 7 heavy (non-hydrogen) atoms. The average Bonchev–Trinajstić information content (AvgIpc) is 1.69. The van der Waals surface area contributed by atoms with Crippen LogP contribution in [0.5, 0.6) is 0 Å². The van der Waals surface area contributed by atoms with E-state index in [1.54, 1.807) is 0 Å². The van der Waals surface area contributed by atoms with E-state index in [9.17, 15) is 4.91 Å². The first kappa shape index (κ1) is 6.16. The van der Waals surface area contributed by atoms with Gasteiger partial charge in [0, 0.05) is 6.42 Å². The molecule has 0 saturated carbocycles. The van der Waals surface area contributed by atoms with Crippen molar-refractivity contribution in [1.29, 1.82) is 0 Å². The quantitative estimate of drug-likeness (QED) is 0.356. The summed E-state index contributed by atoms with van der Waals surface area (Å²) in [6, 6.07) is 0. The lowest BCUT2D eigenvalue weighted by Gasteiger charge is -1.65. The monoisotopic (exact) mass is 97.1 g/mol. The highest BCUT2D eigenvalue weighted by Gasteiger charge is 1.64. The molecule has 0 amide bonds. The maximum absolute atomic E-state index is 9.33. The highest BCUT2D eigenvalue weighted by molar-refractivity contribution is 4.99. The Kier molecular flexibility index (Phi) is 4.54. The number of nitroso groups, excluding NO2 is 1. The van der Waals surface area contributed by atoms with E-state index in [0.29, 0.717) is 0 Å². The average molecular weight is 97.1 g/mol. The van der Waals surface area contributed by atoms with Crippen molar-refractivity contribution in [3.63, 3.8) is 0 Å². The molecule has 0 spiro atoms. The van der Waals surface area contributed by atoms with Crippen LogP contribution in [0.25, 0.3) is 0 Å². The SMILES string of the molecule is CCC#CCN=O. The molecule has 0 aromatic carbocycles. The summed E-state index contributed by atoms with van der Waals surface area (Å²) in [5.74, 6) is 5.26. The molecule has 0 saturated heterocycles. The molecule has 0 rings (SSSR count). The van der Waals surface area contributed by atoms with Crippen molar-refractivity contribution in [2.24, 2.45) is 5.18 Å². The second-order valence-electron chi connectivity index (χ2n) is 0.994. The third-order valence-electron chi connectivity index (χ3n) is 0.445. The van der Waals surface area contributed by atoms with E-state index < -0.39 is 0 Å². The minimum Gasteiger partial charge on any atom is -0.150 e. The number of rotatable bonds is 1. The normalized spacial score (nSPS) is 6.43. The highest BCUT2D eigenvalue weighted by Crippen LogP contribution is 1.67. The van der Waals surface area contributed by atoms with Gasteiger partial charge >= 0.3 is 0 Å². The van der Waals surface area contributed by atoms with E-state index in [4.69, 9.17) is 0 Å². The van der Waals surface area contributed by atoms with Gasteiger partial charge in [-0.05, 0) is 0 Å². The van der Waals surface area contributed by atoms with E-state index >= 15 is 0 Å². The van der Waals surface area contributed by atoms with E-state index in [0.717, 1.165) is 6.42 Å². The van der Waals surface area contributed by atoms with Gasteiger partial charge < -0.3 is 0 Å². The van der Waals surface area contributed by atoms with Gasteiger partial charge in [-0.25, -0.2) is 0 Å². The van der Waals surface area contributed by atoms with Crippen LogP contribution in [0.4, 0.5) is 0 Å². The standard InChI is InChI=1S/C5H7NO/c1-2-3-4-5-6-7/h2,5H2,1H3. The Morgan fingerprint density at radius 2 is 2.29 bits per heavy atom. The molecular weight excluding hydrogens is 90.1 g/mol. The van der Waals surface area contributed by atoms with Gasteiger partial charge in [-0.15, -0.1) is 10.8 Å². The summed E-state index contributed by atoms with van der Waals surface area (Å²) in [6.07, 6.45) is 0.801. The van der Waals surface area contributed by atoms with E-state index in [2.05, 4.69) is 17.0 Å². The van der Waals surface area contributed by atoms with Crippen molar-refractivity contribution in [2.75, 3.05) is 6.54 Å². The fourth-order valence-electron chi connectivity index (χ4n) is 0.213. The van der Waals surface area contributed by atoms with Crippen LogP contribution in [-0.4, -0.2) is 6.54 Å². The lowest BCUT2D eigenvalue weighted by molar-refractivity contribution is 1.23. The molecule has 0 heterocycles. The Bertz CT molecular complexity index is 98.4. The van der Waals surface area contributed by atoms with Crippen molar-refractivity contribution in [3.8, 4) is 11.8 Å². The maximum atomic E-state index is 9.33. The predicted octanol–water partition coefficient (Wildman–Crippen LogP) is 1.17. The lowest BCUT2D eigenvalue weighted by atomic mass is 10.5. The molecule has 0 unspecified atom stereocenters. The first-order valence-corrected chi connectivity index (χ1v) is 2.16. The van der Waals surface area contributed by atoms with Crippen molar-refractivity contribution in [1.82, 2.24) is 0 Å². The smallest absolute Gasteiger partial charge is 0.142 e. The number of hydrogen-bond acceptors (Lipinski definition) is 2. The summed E-state index contributed by atoms with van der Waals surface area (Å²) in [4.78, 5) is 9.33. The molecule has 0 radical (unpaired) electrons. The van der Waals surface area contributed by atoms with Crippen molar-refractivity contribution in [2.45, 2.75) is 13.3 Å². The second kappa shape index (κ2) is 5.16. The Balaban J connectivity index is 3.06. The van der Waals surface area contributed by atoms with Crippen LogP contribution in [0.2, 0.25) is 0 Å². The van der Waals surface area contributed by atoms with Crippen LogP contribution in [0.1, 0.15) is 13.3 Å². The molecule has 0 aromatic heterocycles. The van der Waals surface area contributed by atoms with Crippen LogP contribution in [0.3, 0.4) is 0 Å². The summed E-state index contributed by atoms with van der Waals surface area (Å²) in [6.45, 7) is 2.06. The largest absolute Gasteiger partial charge is 0.150 e. The van der Waals surface area contributed by atoms with E-state index in [-0.39, 0.29) is 6.54 Å². The number of nitrogens with zero attached hydrogens (tertiary/aromatic N) is 1. The van der Waals surface area contributed by atoms with Gasteiger partial charge in [-0.3, -0.25) is 0 Å². The molecule has 0 aliphatic heterocycles. The molecule has 38 valence electrons. The molecule has 0 aliphatic rings. The maximum Gasteiger partial charge on any atom is 0.142 e. The van der Waals surface area contributed by atoms with E-state index in [1.807, 2.05) is 6.92 Å². The summed E-state index contributed by atoms with van der Waals surface area (Å²) < 4.78 is 0.